The number of pyridine rings is 1. The van der Waals surface area contributed by atoms with Gasteiger partial charge < -0.3 is 10.6 Å². The van der Waals surface area contributed by atoms with Crippen molar-refractivity contribution in [3.05, 3.63) is 59.7 Å². The number of amides is 1. The molecule has 110 valence electrons. The second-order valence-electron chi connectivity index (χ2n) is 5.04. The van der Waals surface area contributed by atoms with E-state index in [1.54, 1.807) is 24.4 Å². The van der Waals surface area contributed by atoms with E-state index in [0.29, 0.717) is 18.3 Å². The standard InChI is InChI=1S/C16H18FN3O/c1-11(2)20-14-7-8-15(18-10-14)16(21)19-9-12-3-5-13(17)6-4-12/h3-8,10-11,20H,9H2,1-2H3,(H,19,21). The zero-order chi connectivity index (χ0) is 15.2. The molecular formula is C16H18FN3O. The van der Waals surface area contributed by atoms with Crippen LogP contribution in [0.5, 0.6) is 0 Å². The van der Waals surface area contributed by atoms with Crippen molar-refractivity contribution in [2.75, 3.05) is 5.32 Å². The molecule has 0 fully saturated rings. The van der Waals surface area contributed by atoms with Crippen molar-refractivity contribution in [2.24, 2.45) is 0 Å². The van der Waals surface area contributed by atoms with Crippen LogP contribution in [0.25, 0.3) is 0 Å². The van der Waals surface area contributed by atoms with E-state index in [-0.39, 0.29) is 11.7 Å². The lowest BCUT2D eigenvalue weighted by Crippen LogP contribution is -2.23. The first-order valence-electron chi connectivity index (χ1n) is 6.80. The average molecular weight is 287 g/mol. The van der Waals surface area contributed by atoms with Crippen molar-refractivity contribution in [1.82, 2.24) is 10.3 Å². The predicted octanol–water partition coefficient (Wildman–Crippen LogP) is 2.97. The minimum atomic E-state index is -0.292. The molecule has 0 aliphatic rings. The van der Waals surface area contributed by atoms with Crippen molar-refractivity contribution >= 4 is 11.6 Å². The maximum absolute atomic E-state index is 12.8. The SMILES string of the molecule is CC(C)Nc1ccc(C(=O)NCc2ccc(F)cc2)nc1. The van der Waals surface area contributed by atoms with Crippen molar-refractivity contribution in [1.29, 1.82) is 0 Å². The Morgan fingerprint density at radius 3 is 2.48 bits per heavy atom. The zero-order valence-electron chi connectivity index (χ0n) is 12.1. The van der Waals surface area contributed by atoms with Crippen LogP contribution >= 0.6 is 0 Å². The van der Waals surface area contributed by atoms with Crippen LogP contribution < -0.4 is 10.6 Å². The Hall–Kier alpha value is -2.43. The molecular weight excluding hydrogens is 269 g/mol. The van der Waals surface area contributed by atoms with E-state index in [1.165, 1.54) is 12.1 Å². The van der Waals surface area contributed by atoms with E-state index in [0.717, 1.165) is 11.3 Å². The van der Waals surface area contributed by atoms with Gasteiger partial charge in [0.25, 0.3) is 5.91 Å². The maximum atomic E-state index is 12.8. The first-order valence-corrected chi connectivity index (χ1v) is 6.80. The molecule has 0 bridgehead atoms. The minimum Gasteiger partial charge on any atom is -0.382 e. The number of hydrogen-bond donors (Lipinski definition) is 2. The number of hydrogen-bond acceptors (Lipinski definition) is 3. The highest BCUT2D eigenvalue weighted by atomic mass is 19.1. The largest absolute Gasteiger partial charge is 0.382 e. The molecule has 0 aliphatic carbocycles. The fraction of sp³-hybridized carbons (Fsp3) is 0.250. The lowest BCUT2D eigenvalue weighted by molar-refractivity contribution is 0.0946. The number of carbonyl (C=O) groups is 1. The van der Waals surface area contributed by atoms with Crippen molar-refractivity contribution in [3.63, 3.8) is 0 Å². The van der Waals surface area contributed by atoms with Crippen LogP contribution in [0.15, 0.2) is 42.6 Å². The number of halogens is 1. The van der Waals surface area contributed by atoms with Gasteiger partial charge in [0.1, 0.15) is 11.5 Å². The van der Waals surface area contributed by atoms with Crippen LogP contribution in [-0.4, -0.2) is 16.9 Å². The highest BCUT2D eigenvalue weighted by Crippen LogP contribution is 2.08. The van der Waals surface area contributed by atoms with Gasteiger partial charge >= 0.3 is 0 Å². The number of nitrogens with one attached hydrogen (secondary N) is 2. The molecule has 1 heterocycles. The highest BCUT2D eigenvalue weighted by molar-refractivity contribution is 5.92. The summed E-state index contributed by atoms with van der Waals surface area (Å²) in [5, 5.41) is 5.95. The molecule has 1 aromatic heterocycles. The van der Waals surface area contributed by atoms with Gasteiger partial charge in [0.2, 0.25) is 0 Å². The Balaban J connectivity index is 1.92. The van der Waals surface area contributed by atoms with Gasteiger partial charge in [0, 0.05) is 12.6 Å². The predicted molar refractivity (Wildman–Crippen MR) is 80.6 cm³/mol. The van der Waals surface area contributed by atoms with Crippen LogP contribution in [0.1, 0.15) is 29.9 Å². The molecule has 21 heavy (non-hydrogen) atoms. The van der Waals surface area contributed by atoms with Crippen molar-refractivity contribution in [2.45, 2.75) is 26.4 Å². The number of carbonyl (C=O) groups excluding carboxylic acids is 1. The number of nitrogens with zero attached hydrogens (tertiary/aromatic N) is 1. The van der Waals surface area contributed by atoms with Gasteiger partial charge in [0.05, 0.1) is 11.9 Å². The normalized spacial score (nSPS) is 10.5. The Morgan fingerprint density at radius 1 is 1.19 bits per heavy atom. The molecule has 1 amide bonds. The number of benzene rings is 1. The monoisotopic (exact) mass is 287 g/mol. The average Bonchev–Trinajstić information content (AvgIpc) is 2.46. The van der Waals surface area contributed by atoms with E-state index in [9.17, 15) is 9.18 Å². The quantitative estimate of drug-likeness (QED) is 0.889. The summed E-state index contributed by atoms with van der Waals surface area (Å²) >= 11 is 0. The van der Waals surface area contributed by atoms with Crippen LogP contribution in [0.4, 0.5) is 10.1 Å². The number of anilines is 1. The lowest BCUT2D eigenvalue weighted by atomic mass is 10.2. The van der Waals surface area contributed by atoms with E-state index in [2.05, 4.69) is 15.6 Å². The fourth-order valence-electron chi connectivity index (χ4n) is 1.82. The topological polar surface area (TPSA) is 54.0 Å². The number of aromatic nitrogens is 1. The van der Waals surface area contributed by atoms with E-state index in [4.69, 9.17) is 0 Å². The molecule has 2 rings (SSSR count). The third-order valence-corrected chi connectivity index (χ3v) is 2.82. The fourth-order valence-corrected chi connectivity index (χ4v) is 1.82. The molecule has 0 atom stereocenters. The molecule has 0 aliphatic heterocycles. The van der Waals surface area contributed by atoms with Gasteiger partial charge in [-0.05, 0) is 43.7 Å². The van der Waals surface area contributed by atoms with E-state index in [1.807, 2.05) is 19.9 Å². The molecule has 1 aromatic carbocycles. The molecule has 4 nitrogen and oxygen atoms in total. The Bertz CT molecular complexity index is 594. The Morgan fingerprint density at radius 2 is 1.90 bits per heavy atom. The third kappa shape index (κ3) is 4.56. The summed E-state index contributed by atoms with van der Waals surface area (Å²) in [5.41, 5.74) is 2.06. The highest BCUT2D eigenvalue weighted by Gasteiger charge is 2.07. The van der Waals surface area contributed by atoms with Crippen LogP contribution in [-0.2, 0) is 6.54 Å². The minimum absolute atomic E-state index is 0.254. The molecule has 0 radical (unpaired) electrons. The number of rotatable bonds is 5. The molecule has 2 N–H and O–H groups in total. The summed E-state index contributed by atoms with van der Waals surface area (Å²) in [6, 6.07) is 9.81. The maximum Gasteiger partial charge on any atom is 0.270 e. The third-order valence-electron chi connectivity index (χ3n) is 2.82. The van der Waals surface area contributed by atoms with E-state index < -0.39 is 0 Å². The first-order chi connectivity index (χ1) is 10.0. The molecule has 0 saturated carbocycles. The van der Waals surface area contributed by atoms with Crippen LogP contribution in [0.3, 0.4) is 0 Å². The lowest BCUT2D eigenvalue weighted by Gasteiger charge is -2.10. The van der Waals surface area contributed by atoms with Gasteiger partial charge in [-0.15, -0.1) is 0 Å². The summed E-state index contributed by atoms with van der Waals surface area (Å²) in [7, 11) is 0. The second-order valence-corrected chi connectivity index (χ2v) is 5.04. The second kappa shape index (κ2) is 6.83. The first kappa shape index (κ1) is 15.0. The molecule has 5 heteroatoms. The van der Waals surface area contributed by atoms with Gasteiger partial charge in [-0.3, -0.25) is 4.79 Å². The molecule has 0 unspecified atom stereocenters. The van der Waals surface area contributed by atoms with Crippen LogP contribution in [0.2, 0.25) is 0 Å². The van der Waals surface area contributed by atoms with Gasteiger partial charge in [0.15, 0.2) is 0 Å². The van der Waals surface area contributed by atoms with Gasteiger partial charge in [-0.1, -0.05) is 12.1 Å². The summed E-state index contributed by atoms with van der Waals surface area (Å²) < 4.78 is 12.8. The van der Waals surface area contributed by atoms with Gasteiger partial charge in [-0.25, -0.2) is 9.37 Å². The molecule has 0 spiro atoms. The Kier molecular flexibility index (Phi) is 4.87. The summed E-state index contributed by atoms with van der Waals surface area (Å²) in [6.45, 7) is 4.40. The zero-order valence-corrected chi connectivity index (χ0v) is 12.1. The molecule has 2 aromatic rings. The van der Waals surface area contributed by atoms with E-state index >= 15 is 0 Å². The van der Waals surface area contributed by atoms with Crippen molar-refractivity contribution in [3.8, 4) is 0 Å². The van der Waals surface area contributed by atoms with Gasteiger partial charge in [-0.2, -0.15) is 0 Å². The van der Waals surface area contributed by atoms with Crippen LogP contribution in [0, 0.1) is 5.82 Å². The Labute approximate surface area is 123 Å². The summed E-state index contributed by atoms with van der Waals surface area (Å²) in [5.74, 6) is -0.546. The molecule has 0 saturated heterocycles. The summed E-state index contributed by atoms with van der Waals surface area (Å²) in [4.78, 5) is 16.1. The smallest absolute Gasteiger partial charge is 0.270 e. The summed E-state index contributed by atoms with van der Waals surface area (Å²) in [6.07, 6.45) is 1.63. The van der Waals surface area contributed by atoms with Crippen molar-refractivity contribution < 1.29 is 9.18 Å².